The highest BCUT2D eigenvalue weighted by Crippen LogP contribution is 2.26. The first-order chi connectivity index (χ1) is 20.9. The summed E-state index contributed by atoms with van der Waals surface area (Å²) in [5, 5.41) is 8.26. The molecule has 238 valence electrons. The number of sulfonamides is 1. The number of amides is 3. The van der Waals surface area contributed by atoms with Crippen LogP contribution in [0, 0.1) is 9.49 Å². The monoisotopic (exact) mass is 790 g/mol. The summed E-state index contributed by atoms with van der Waals surface area (Å²) < 4.78 is 30.0. The fourth-order valence-corrected chi connectivity index (χ4v) is 7.49. The lowest BCUT2D eigenvalue weighted by molar-refractivity contribution is -0.132. The molecule has 2 aromatic carbocycles. The molecule has 9 nitrogen and oxygen atoms in total. The lowest BCUT2D eigenvalue weighted by Crippen LogP contribution is -2.57. The van der Waals surface area contributed by atoms with Gasteiger partial charge in [-0.3, -0.25) is 14.4 Å². The second-order valence-corrected chi connectivity index (χ2v) is 15.8. The molecule has 0 spiro atoms. The molecule has 3 aromatic rings. The Balaban J connectivity index is 1.80. The van der Waals surface area contributed by atoms with Crippen molar-refractivity contribution in [3.63, 3.8) is 0 Å². The number of carbonyl (C=O) groups excluding carboxylic acids is 3. The van der Waals surface area contributed by atoms with E-state index in [2.05, 4.69) is 55.9 Å². The predicted octanol–water partition coefficient (Wildman–Crippen LogP) is 4.55. The van der Waals surface area contributed by atoms with Gasteiger partial charge in [-0.05, 0) is 76.7 Å². The number of benzene rings is 2. The third-order valence-electron chi connectivity index (χ3n) is 6.57. The average Bonchev–Trinajstić information content (AvgIpc) is 3.45. The SMILES string of the molecule is CC(C)CC[C@H](NS(=O)(=O)c1ccc(Cl)s1)C(=O)N[C@@H](Cc1ccc(I)cc1)C(=O)N[C@@H](CS)C(=O)NCc1ccccc1. The van der Waals surface area contributed by atoms with Gasteiger partial charge < -0.3 is 16.0 Å². The van der Waals surface area contributed by atoms with Gasteiger partial charge in [0.05, 0.1) is 4.34 Å². The second-order valence-electron chi connectivity index (χ2n) is 10.5. The zero-order valence-electron chi connectivity index (χ0n) is 24.3. The third kappa shape index (κ3) is 11.6. The van der Waals surface area contributed by atoms with Gasteiger partial charge >= 0.3 is 0 Å². The summed E-state index contributed by atoms with van der Waals surface area (Å²) in [5.74, 6) is -1.45. The van der Waals surface area contributed by atoms with Crippen molar-refractivity contribution in [2.45, 2.75) is 62.0 Å². The van der Waals surface area contributed by atoms with Crippen molar-refractivity contribution in [2.24, 2.45) is 5.92 Å². The summed E-state index contributed by atoms with van der Waals surface area (Å²) >= 11 is 13.3. The summed E-state index contributed by atoms with van der Waals surface area (Å²) in [5.41, 5.74) is 1.67. The summed E-state index contributed by atoms with van der Waals surface area (Å²) in [4.78, 5) is 40.2. The first kappa shape index (κ1) is 36.3. The van der Waals surface area contributed by atoms with Crippen molar-refractivity contribution in [3.05, 3.63) is 85.8 Å². The Hall–Kier alpha value is -2.17. The molecule has 1 heterocycles. The predicted molar refractivity (Wildman–Crippen MR) is 186 cm³/mol. The molecule has 3 rings (SSSR count). The number of hydrogen-bond donors (Lipinski definition) is 5. The molecule has 0 aliphatic heterocycles. The van der Waals surface area contributed by atoms with E-state index in [1.165, 1.54) is 12.1 Å². The molecular formula is C30H36ClIN4O5S3. The van der Waals surface area contributed by atoms with Crippen LogP contribution in [0.15, 0.2) is 70.9 Å². The quantitative estimate of drug-likeness (QED) is 0.107. The molecule has 3 atom stereocenters. The Morgan fingerprint density at radius 2 is 1.48 bits per heavy atom. The van der Waals surface area contributed by atoms with E-state index in [1.807, 2.05) is 68.4 Å². The molecular weight excluding hydrogens is 755 g/mol. The molecule has 1 aromatic heterocycles. The molecule has 4 N–H and O–H groups in total. The fourth-order valence-electron chi connectivity index (χ4n) is 4.14. The average molecular weight is 791 g/mol. The molecule has 0 saturated heterocycles. The first-order valence-electron chi connectivity index (χ1n) is 13.9. The zero-order valence-corrected chi connectivity index (χ0v) is 29.7. The van der Waals surface area contributed by atoms with E-state index in [9.17, 15) is 22.8 Å². The highest BCUT2D eigenvalue weighted by Gasteiger charge is 2.31. The molecule has 14 heteroatoms. The van der Waals surface area contributed by atoms with Crippen LogP contribution in [0.1, 0.15) is 37.8 Å². The minimum Gasteiger partial charge on any atom is -0.350 e. The first-order valence-corrected chi connectivity index (χ1v) is 18.3. The summed E-state index contributed by atoms with van der Waals surface area (Å²) in [7, 11) is -4.06. The van der Waals surface area contributed by atoms with Gasteiger partial charge in [-0.15, -0.1) is 11.3 Å². The van der Waals surface area contributed by atoms with Crippen LogP contribution in [-0.4, -0.2) is 50.0 Å². The van der Waals surface area contributed by atoms with Gasteiger partial charge in [0.2, 0.25) is 17.7 Å². The van der Waals surface area contributed by atoms with Gasteiger partial charge in [-0.1, -0.05) is 67.9 Å². The maximum Gasteiger partial charge on any atom is 0.250 e. The van der Waals surface area contributed by atoms with E-state index in [-0.39, 0.29) is 35.3 Å². The second kappa shape index (κ2) is 17.5. The topological polar surface area (TPSA) is 133 Å². The Morgan fingerprint density at radius 3 is 2.07 bits per heavy atom. The Morgan fingerprint density at radius 1 is 0.841 bits per heavy atom. The van der Waals surface area contributed by atoms with Crippen LogP contribution >= 0.6 is 58.2 Å². The van der Waals surface area contributed by atoms with Gasteiger partial charge in [0, 0.05) is 22.3 Å². The van der Waals surface area contributed by atoms with E-state index in [1.54, 1.807) is 0 Å². The Labute approximate surface area is 286 Å². The minimum atomic E-state index is -4.06. The van der Waals surface area contributed by atoms with E-state index in [0.717, 1.165) is 26.0 Å². The van der Waals surface area contributed by atoms with Crippen molar-refractivity contribution in [1.29, 1.82) is 0 Å². The maximum atomic E-state index is 13.6. The molecule has 0 saturated carbocycles. The highest BCUT2D eigenvalue weighted by molar-refractivity contribution is 14.1. The lowest BCUT2D eigenvalue weighted by Gasteiger charge is -2.25. The Bertz CT molecular complexity index is 1500. The van der Waals surface area contributed by atoms with Crippen molar-refractivity contribution < 1.29 is 22.8 Å². The fraction of sp³-hybridized carbons (Fsp3) is 0.367. The maximum absolute atomic E-state index is 13.6. The van der Waals surface area contributed by atoms with E-state index in [4.69, 9.17) is 11.6 Å². The van der Waals surface area contributed by atoms with Crippen LogP contribution in [-0.2, 0) is 37.4 Å². The molecule has 0 bridgehead atoms. The number of halogens is 2. The van der Waals surface area contributed by atoms with Gasteiger partial charge in [0.15, 0.2) is 0 Å². The number of thiophene rings is 1. The van der Waals surface area contributed by atoms with Crippen LogP contribution in [0.5, 0.6) is 0 Å². The number of hydrogen-bond acceptors (Lipinski definition) is 7. The van der Waals surface area contributed by atoms with Gasteiger partial charge in [0.1, 0.15) is 22.3 Å². The molecule has 0 fully saturated rings. The number of rotatable bonds is 16. The van der Waals surface area contributed by atoms with Gasteiger partial charge in [-0.25, -0.2) is 8.42 Å². The Kier molecular flexibility index (Phi) is 14.4. The van der Waals surface area contributed by atoms with E-state index >= 15 is 0 Å². The number of nitrogens with one attached hydrogen (secondary N) is 4. The van der Waals surface area contributed by atoms with Crippen molar-refractivity contribution in [1.82, 2.24) is 20.7 Å². The van der Waals surface area contributed by atoms with Crippen molar-refractivity contribution >= 4 is 85.9 Å². The third-order valence-corrected chi connectivity index (χ3v) is 10.9. The highest BCUT2D eigenvalue weighted by atomic mass is 127. The standard InChI is InChI=1S/C30H36ClIN4O5S3/c1-19(2)8-13-23(36-44(40,41)27-15-14-26(31)43-27)29(38)34-24(16-20-9-11-22(32)12-10-20)30(39)35-25(18-42)28(37)33-17-21-6-4-3-5-7-21/h3-7,9-12,14-15,19,23-25,36,42H,8,13,16-18H2,1-2H3,(H,33,37)(H,34,38)(H,35,39)/t23-,24-,25-/m0/s1. The smallest absolute Gasteiger partial charge is 0.250 e. The van der Waals surface area contributed by atoms with Crippen LogP contribution in [0.3, 0.4) is 0 Å². The molecule has 3 amide bonds. The summed E-state index contributed by atoms with van der Waals surface area (Å²) in [6, 6.07) is 16.4. The van der Waals surface area contributed by atoms with Gasteiger partial charge in [-0.2, -0.15) is 17.4 Å². The number of carbonyl (C=O) groups is 3. The molecule has 0 radical (unpaired) electrons. The van der Waals surface area contributed by atoms with E-state index in [0.29, 0.717) is 10.8 Å². The minimum absolute atomic E-state index is 0.0174. The van der Waals surface area contributed by atoms with E-state index < -0.39 is 45.9 Å². The van der Waals surface area contributed by atoms with Crippen molar-refractivity contribution in [2.75, 3.05) is 5.75 Å². The lowest BCUT2D eigenvalue weighted by atomic mass is 10.0. The van der Waals surface area contributed by atoms with Crippen LogP contribution < -0.4 is 20.7 Å². The van der Waals surface area contributed by atoms with Crippen LogP contribution in [0.4, 0.5) is 0 Å². The summed E-state index contributed by atoms with van der Waals surface area (Å²) in [6.45, 7) is 4.21. The molecule has 0 unspecified atom stereocenters. The normalized spacial score (nSPS) is 13.6. The van der Waals surface area contributed by atoms with Crippen LogP contribution in [0.25, 0.3) is 0 Å². The van der Waals surface area contributed by atoms with Crippen molar-refractivity contribution in [3.8, 4) is 0 Å². The molecule has 0 aliphatic carbocycles. The van der Waals surface area contributed by atoms with Gasteiger partial charge in [0.25, 0.3) is 10.0 Å². The molecule has 44 heavy (non-hydrogen) atoms. The molecule has 0 aliphatic rings. The largest absolute Gasteiger partial charge is 0.350 e. The summed E-state index contributed by atoms with van der Waals surface area (Å²) in [6.07, 6.45) is 0.883. The zero-order chi connectivity index (χ0) is 32.3. The number of thiol groups is 1. The van der Waals surface area contributed by atoms with Crippen LogP contribution in [0.2, 0.25) is 4.34 Å².